The zero-order chi connectivity index (χ0) is 13.9. The number of hydrogen-bond donors (Lipinski definition) is 0. The molecule has 110 valence electrons. The first-order chi connectivity index (χ1) is 9.70. The molecular weight excluding hydrogens is 252 g/mol. The summed E-state index contributed by atoms with van der Waals surface area (Å²) >= 11 is 0. The Morgan fingerprint density at radius 2 is 2.25 bits per heavy atom. The van der Waals surface area contributed by atoms with Gasteiger partial charge in [-0.05, 0) is 38.8 Å². The Kier molecular flexibility index (Phi) is 4.17. The fourth-order valence-electron chi connectivity index (χ4n) is 2.76. The van der Waals surface area contributed by atoms with Gasteiger partial charge in [-0.3, -0.25) is 0 Å². The van der Waals surface area contributed by atoms with Crippen molar-refractivity contribution in [2.75, 3.05) is 44.7 Å². The van der Waals surface area contributed by atoms with Gasteiger partial charge >= 0.3 is 0 Å². The third kappa shape index (κ3) is 3.67. The Morgan fingerprint density at radius 1 is 1.40 bits per heavy atom. The van der Waals surface area contributed by atoms with Crippen LogP contribution in [-0.4, -0.2) is 60.8 Å². The van der Waals surface area contributed by atoms with Crippen LogP contribution in [0.25, 0.3) is 0 Å². The number of aromatic nitrogens is 2. The molecule has 2 fully saturated rings. The quantitative estimate of drug-likeness (QED) is 0.811. The van der Waals surface area contributed by atoms with Gasteiger partial charge in [0, 0.05) is 38.1 Å². The zero-order valence-corrected chi connectivity index (χ0v) is 12.5. The highest BCUT2D eigenvalue weighted by Gasteiger charge is 2.27. The van der Waals surface area contributed by atoms with Gasteiger partial charge in [-0.15, -0.1) is 0 Å². The van der Waals surface area contributed by atoms with Crippen molar-refractivity contribution in [3.8, 4) is 0 Å². The molecule has 1 atom stereocenters. The number of rotatable bonds is 5. The number of likely N-dealkylation sites (N-methyl/N-ethyl adjacent to an activating group) is 1. The first kappa shape index (κ1) is 13.8. The van der Waals surface area contributed by atoms with Gasteiger partial charge in [0.15, 0.2) is 0 Å². The van der Waals surface area contributed by atoms with E-state index in [9.17, 15) is 0 Å². The SMILES string of the molecule is Cc1ccnc(N2CCO[C@@H](CN(C)CC3CC3)C2)n1. The summed E-state index contributed by atoms with van der Waals surface area (Å²) in [6, 6.07) is 1.94. The van der Waals surface area contributed by atoms with Crippen LogP contribution < -0.4 is 4.90 Å². The smallest absolute Gasteiger partial charge is 0.225 e. The fourth-order valence-corrected chi connectivity index (χ4v) is 2.76. The molecule has 0 amide bonds. The minimum Gasteiger partial charge on any atom is -0.373 e. The van der Waals surface area contributed by atoms with Gasteiger partial charge in [0.05, 0.1) is 12.7 Å². The number of hydrogen-bond acceptors (Lipinski definition) is 5. The van der Waals surface area contributed by atoms with E-state index in [2.05, 4.69) is 26.8 Å². The molecule has 1 aromatic rings. The fraction of sp³-hybridized carbons (Fsp3) is 0.733. The van der Waals surface area contributed by atoms with Crippen LogP contribution in [-0.2, 0) is 4.74 Å². The lowest BCUT2D eigenvalue weighted by molar-refractivity contribution is 0.0194. The van der Waals surface area contributed by atoms with E-state index in [0.29, 0.717) is 0 Å². The summed E-state index contributed by atoms with van der Waals surface area (Å²) in [6.07, 6.45) is 4.90. The van der Waals surface area contributed by atoms with Crippen LogP contribution in [0, 0.1) is 12.8 Å². The molecule has 0 aromatic carbocycles. The van der Waals surface area contributed by atoms with Crippen LogP contribution in [0.15, 0.2) is 12.3 Å². The number of morpholine rings is 1. The Balaban J connectivity index is 1.55. The van der Waals surface area contributed by atoms with Gasteiger partial charge in [-0.25, -0.2) is 9.97 Å². The van der Waals surface area contributed by atoms with Gasteiger partial charge in [0.2, 0.25) is 5.95 Å². The Bertz CT molecular complexity index is 449. The van der Waals surface area contributed by atoms with Crippen molar-refractivity contribution in [3.05, 3.63) is 18.0 Å². The Morgan fingerprint density at radius 3 is 3.00 bits per heavy atom. The third-order valence-electron chi connectivity index (χ3n) is 3.99. The average molecular weight is 276 g/mol. The van der Waals surface area contributed by atoms with Crippen molar-refractivity contribution in [1.82, 2.24) is 14.9 Å². The first-order valence-electron chi connectivity index (χ1n) is 7.55. The third-order valence-corrected chi connectivity index (χ3v) is 3.99. The molecule has 5 heteroatoms. The second kappa shape index (κ2) is 6.06. The van der Waals surface area contributed by atoms with E-state index in [0.717, 1.165) is 43.8 Å². The van der Waals surface area contributed by atoms with Crippen LogP contribution in [0.2, 0.25) is 0 Å². The maximum absolute atomic E-state index is 5.89. The molecule has 0 spiro atoms. The molecule has 1 saturated carbocycles. The normalized spacial score (nSPS) is 23.4. The topological polar surface area (TPSA) is 41.5 Å². The maximum atomic E-state index is 5.89. The molecule has 1 aliphatic heterocycles. The Hall–Kier alpha value is -1.20. The van der Waals surface area contributed by atoms with Crippen LogP contribution in [0.5, 0.6) is 0 Å². The second-order valence-electron chi connectivity index (χ2n) is 6.10. The van der Waals surface area contributed by atoms with E-state index in [1.165, 1.54) is 19.4 Å². The molecule has 2 heterocycles. The maximum Gasteiger partial charge on any atom is 0.225 e. The molecule has 1 aliphatic carbocycles. The van der Waals surface area contributed by atoms with Gasteiger partial charge in [0.1, 0.15) is 0 Å². The van der Waals surface area contributed by atoms with Crippen molar-refractivity contribution in [2.45, 2.75) is 25.9 Å². The molecule has 1 aromatic heterocycles. The van der Waals surface area contributed by atoms with Crippen LogP contribution >= 0.6 is 0 Å². The van der Waals surface area contributed by atoms with E-state index in [-0.39, 0.29) is 6.10 Å². The van der Waals surface area contributed by atoms with Crippen molar-refractivity contribution < 1.29 is 4.74 Å². The van der Waals surface area contributed by atoms with Crippen LogP contribution in [0.1, 0.15) is 18.5 Å². The van der Waals surface area contributed by atoms with Crippen LogP contribution in [0.4, 0.5) is 5.95 Å². The predicted molar refractivity (Wildman–Crippen MR) is 78.9 cm³/mol. The molecule has 0 N–H and O–H groups in total. The highest BCUT2D eigenvalue weighted by molar-refractivity contribution is 5.30. The van der Waals surface area contributed by atoms with Gasteiger partial charge in [-0.1, -0.05) is 0 Å². The van der Waals surface area contributed by atoms with E-state index >= 15 is 0 Å². The standard InChI is InChI=1S/C15H24N4O/c1-12-5-6-16-15(17-12)19-7-8-20-14(11-19)10-18(2)9-13-3-4-13/h5-6,13-14H,3-4,7-11H2,1-2H3/t14-/m0/s1. The lowest BCUT2D eigenvalue weighted by Crippen LogP contribution is -2.47. The molecule has 0 radical (unpaired) electrons. The minimum absolute atomic E-state index is 0.261. The van der Waals surface area contributed by atoms with E-state index in [1.807, 2.05) is 19.2 Å². The Labute approximate surface area is 121 Å². The summed E-state index contributed by atoms with van der Waals surface area (Å²) in [5.74, 6) is 1.77. The summed E-state index contributed by atoms with van der Waals surface area (Å²) in [6.45, 7) is 6.75. The average Bonchev–Trinajstić information content (AvgIpc) is 3.23. The van der Waals surface area contributed by atoms with Crippen molar-refractivity contribution >= 4 is 5.95 Å². The monoisotopic (exact) mass is 276 g/mol. The lowest BCUT2D eigenvalue weighted by Gasteiger charge is -2.34. The van der Waals surface area contributed by atoms with E-state index < -0.39 is 0 Å². The number of nitrogens with zero attached hydrogens (tertiary/aromatic N) is 4. The highest BCUT2D eigenvalue weighted by Crippen LogP contribution is 2.29. The number of aryl methyl sites for hydroxylation is 1. The molecule has 20 heavy (non-hydrogen) atoms. The molecular formula is C15H24N4O. The summed E-state index contributed by atoms with van der Waals surface area (Å²) in [7, 11) is 2.20. The minimum atomic E-state index is 0.261. The molecule has 1 saturated heterocycles. The van der Waals surface area contributed by atoms with E-state index in [1.54, 1.807) is 0 Å². The summed E-state index contributed by atoms with van der Waals surface area (Å²) < 4.78 is 5.89. The van der Waals surface area contributed by atoms with E-state index in [4.69, 9.17) is 4.74 Å². The van der Waals surface area contributed by atoms with Gasteiger partial charge in [-0.2, -0.15) is 0 Å². The van der Waals surface area contributed by atoms with Crippen molar-refractivity contribution in [1.29, 1.82) is 0 Å². The number of ether oxygens (including phenoxy) is 1. The molecule has 0 unspecified atom stereocenters. The molecule has 0 bridgehead atoms. The van der Waals surface area contributed by atoms with Crippen molar-refractivity contribution in [3.63, 3.8) is 0 Å². The van der Waals surface area contributed by atoms with Crippen LogP contribution in [0.3, 0.4) is 0 Å². The molecule has 3 rings (SSSR count). The lowest BCUT2D eigenvalue weighted by atomic mass is 10.2. The molecule has 2 aliphatic rings. The summed E-state index contributed by atoms with van der Waals surface area (Å²) in [4.78, 5) is 13.5. The first-order valence-corrected chi connectivity index (χ1v) is 7.55. The zero-order valence-electron chi connectivity index (χ0n) is 12.5. The van der Waals surface area contributed by atoms with Crippen molar-refractivity contribution in [2.24, 2.45) is 5.92 Å². The predicted octanol–water partition coefficient (Wildman–Crippen LogP) is 1.33. The largest absolute Gasteiger partial charge is 0.373 e. The van der Waals surface area contributed by atoms with Gasteiger partial charge in [0.25, 0.3) is 0 Å². The number of anilines is 1. The summed E-state index contributed by atoms with van der Waals surface area (Å²) in [5.41, 5.74) is 1.02. The molecule has 5 nitrogen and oxygen atoms in total. The van der Waals surface area contributed by atoms with Gasteiger partial charge < -0.3 is 14.5 Å². The second-order valence-corrected chi connectivity index (χ2v) is 6.10. The highest BCUT2D eigenvalue weighted by atomic mass is 16.5. The summed E-state index contributed by atoms with van der Waals surface area (Å²) in [5, 5.41) is 0.